The highest BCUT2D eigenvalue weighted by Gasteiger charge is 2.23. The van der Waals surface area contributed by atoms with Crippen LogP contribution in [-0.4, -0.2) is 47.5 Å². The average Bonchev–Trinajstić information content (AvgIpc) is 2.17. The number of amidine groups is 1. The number of hydrogen-bond donors (Lipinski definition) is 2. The zero-order chi connectivity index (χ0) is 10.6. The van der Waals surface area contributed by atoms with Crippen LogP contribution in [0.25, 0.3) is 0 Å². The number of ether oxygens (including phenoxy) is 1. The second-order valence-electron chi connectivity index (χ2n) is 3.06. The number of nitrogens with two attached hydrogens (primary N) is 1. The summed E-state index contributed by atoms with van der Waals surface area (Å²) in [6.07, 6.45) is 0. The largest absolute Gasteiger partial charge is 0.379 e. The first kappa shape index (κ1) is 11.3. The predicted molar refractivity (Wildman–Crippen MR) is 56.4 cm³/mol. The van der Waals surface area contributed by atoms with Crippen LogP contribution >= 0.6 is 11.8 Å². The molecule has 80 valence electrons. The second-order valence-corrected chi connectivity index (χ2v) is 4.44. The fourth-order valence-electron chi connectivity index (χ4n) is 1.28. The Morgan fingerprint density at radius 2 is 2.14 bits per heavy atom. The molecule has 0 aromatic rings. The Kier molecular flexibility index (Phi) is 4.21. The molecule has 0 saturated carbocycles. The molecule has 3 N–H and O–H groups in total. The molecule has 1 unspecified atom stereocenters. The molecule has 5 nitrogen and oxygen atoms in total. The van der Waals surface area contributed by atoms with E-state index >= 15 is 0 Å². The number of rotatable bonds is 2. The Labute approximate surface area is 87.5 Å². The van der Waals surface area contributed by atoms with Gasteiger partial charge in [0.25, 0.3) is 0 Å². The third-order valence-corrected chi connectivity index (χ3v) is 2.78. The van der Waals surface area contributed by atoms with Gasteiger partial charge in [0.05, 0.1) is 18.5 Å². The third-order valence-electron chi connectivity index (χ3n) is 1.97. The van der Waals surface area contributed by atoms with Crippen LogP contribution in [0.5, 0.6) is 0 Å². The first-order valence-electron chi connectivity index (χ1n) is 4.48. The number of thioether (sulfide) groups is 1. The molecule has 1 aliphatic rings. The van der Waals surface area contributed by atoms with Gasteiger partial charge in [-0.1, -0.05) is 11.8 Å². The van der Waals surface area contributed by atoms with Crippen LogP contribution in [-0.2, 0) is 9.53 Å². The number of morpholine rings is 1. The zero-order valence-corrected chi connectivity index (χ0v) is 8.97. The van der Waals surface area contributed by atoms with Crippen molar-refractivity contribution in [2.75, 3.05) is 26.3 Å². The van der Waals surface area contributed by atoms with E-state index in [2.05, 4.69) is 0 Å². The van der Waals surface area contributed by atoms with Gasteiger partial charge in [-0.3, -0.25) is 10.2 Å². The van der Waals surface area contributed by atoms with Gasteiger partial charge in [-0.25, -0.2) is 0 Å². The molecule has 1 heterocycles. The van der Waals surface area contributed by atoms with Crippen LogP contribution in [0.3, 0.4) is 0 Å². The maximum absolute atomic E-state index is 11.7. The van der Waals surface area contributed by atoms with E-state index in [-0.39, 0.29) is 16.3 Å². The Morgan fingerprint density at radius 3 is 2.64 bits per heavy atom. The summed E-state index contributed by atoms with van der Waals surface area (Å²) >= 11 is 1.09. The number of nitrogens with zero attached hydrogens (tertiary/aromatic N) is 1. The SMILES string of the molecule is CC(SC(=N)N)C(=O)N1CCOCC1. The minimum Gasteiger partial charge on any atom is -0.379 e. The lowest BCUT2D eigenvalue weighted by Crippen LogP contribution is -2.44. The maximum Gasteiger partial charge on any atom is 0.236 e. The molecule has 14 heavy (non-hydrogen) atoms. The van der Waals surface area contributed by atoms with Gasteiger partial charge >= 0.3 is 0 Å². The van der Waals surface area contributed by atoms with Crippen molar-refractivity contribution in [2.24, 2.45) is 5.73 Å². The molecule has 0 spiro atoms. The summed E-state index contributed by atoms with van der Waals surface area (Å²) in [5.74, 6) is 0.0356. The first-order valence-corrected chi connectivity index (χ1v) is 5.36. The zero-order valence-electron chi connectivity index (χ0n) is 8.16. The van der Waals surface area contributed by atoms with Crippen molar-refractivity contribution in [1.82, 2.24) is 4.90 Å². The van der Waals surface area contributed by atoms with E-state index in [1.807, 2.05) is 0 Å². The third kappa shape index (κ3) is 3.19. The van der Waals surface area contributed by atoms with Crippen molar-refractivity contribution >= 4 is 22.8 Å². The standard InChI is InChI=1S/C8H15N3O2S/c1-6(14-8(9)10)7(12)11-2-4-13-5-3-11/h6H,2-5H2,1H3,(H3,9,10). The highest BCUT2D eigenvalue weighted by molar-refractivity contribution is 8.14. The molecule has 0 aromatic carbocycles. The smallest absolute Gasteiger partial charge is 0.236 e. The van der Waals surface area contributed by atoms with Crippen molar-refractivity contribution in [3.05, 3.63) is 0 Å². The molecular formula is C8H15N3O2S. The molecule has 0 aromatic heterocycles. The van der Waals surface area contributed by atoms with Gasteiger partial charge < -0.3 is 15.4 Å². The van der Waals surface area contributed by atoms with Gasteiger partial charge in [-0.2, -0.15) is 0 Å². The number of nitrogens with one attached hydrogen (secondary N) is 1. The summed E-state index contributed by atoms with van der Waals surface area (Å²) in [5, 5.41) is 6.79. The first-order chi connectivity index (χ1) is 6.61. The lowest BCUT2D eigenvalue weighted by atomic mass is 10.3. The number of hydrogen-bond acceptors (Lipinski definition) is 4. The molecule has 1 aliphatic heterocycles. The highest BCUT2D eigenvalue weighted by Crippen LogP contribution is 2.13. The monoisotopic (exact) mass is 217 g/mol. The van der Waals surface area contributed by atoms with Gasteiger partial charge in [-0.05, 0) is 6.92 Å². The van der Waals surface area contributed by atoms with Crippen molar-refractivity contribution in [1.29, 1.82) is 5.41 Å². The molecule has 1 amide bonds. The summed E-state index contributed by atoms with van der Waals surface area (Å²) < 4.78 is 5.14. The van der Waals surface area contributed by atoms with Crippen molar-refractivity contribution in [3.63, 3.8) is 0 Å². The van der Waals surface area contributed by atoms with Crippen LogP contribution in [0.2, 0.25) is 0 Å². The van der Waals surface area contributed by atoms with Gasteiger partial charge in [0.15, 0.2) is 5.17 Å². The van der Waals surface area contributed by atoms with E-state index in [1.54, 1.807) is 11.8 Å². The molecule has 0 aliphatic carbocycles. The molecule has 1 atom stereocenters. The van der Waals surface area contributed by atoms with E-state index in [1.165, 1.54) is 0 Å². The lowest BCUT2D eigenvalue weighted by molar-refractivity contribution is -0.134. The molecular weight excluding hydrogens is 202 g/mol. The quantitative estimate of drug-likeness (QED) is 0.498. The summed E-state index contributed by atoms with van der Waals surface area (Å²) in [5.41, 5.74) is 5.21. The summed E-state index contributed by atoms with van der Waals surface area (Å²) in [6, 6.07) is 0. The van der Waals surface area contributed by atoms with E-state index in [9.17, 15) is 4.79 Å². The molecule has 1 saturated heterocycles. The fraction of sp³-hybridized carbons (Fsp3) is 0.750. The Balaban J connectivity index is 2.42. The molecule has 6 heteroatoms. The van der Waals surface area contributed by atoms with Crippen LogP contribution in [0, 0.1) is 5.41 Å². The predicted octanol–water partition coefficient (Wildman–Crippen LogP) is -0.140. The van der Waals surface area contributed by atoms with Gasteiger partial charge in [-0.15, -0.1) is 0 Å². The summed E-state index contributed by atoms with van der Waals surface area (Å²) in [6.45, 7) is 4.25. The van der Waals surface area contributed by atoms with E-state index in [4.69, 9.17) is 15.9 Å². The van der Waals surface area contributed by atoms with Gasteiger partial charge in [0.1, 0.15) is 0 Å². The van der Waals surface area contributed by atoms with Gasteiger partial charge in [0.2, 0.25) is 5.91 Å². The Bertz CT molecular complexity index is 229. The Hall–Kier alpha value is -0.750. The minimum absolute atomic E-state index is 0.0147. The molecule has 0 radical (unpaired) electrons. The van der Waals surface area contributed by atoms with Crippen molar-refractivity contribution < 1.29 is 9.53 Å². The van der Waals surface area contributed by atoms with E-state index in [0.717, 1.165) is 11.8 Å². The highest BCUT2D eigenvalue weighted by atomic mass is 32.2. The summed E-state index contributed by atoms with van der Waals surface area (Å²) in [4.78, 5) is 13.5. The van der Waals surface area contributed by atoms with E-state index in [0.29, 0.717) is 26.3 Å². The van der Waals surface area contributed by atoms with E-state index < -0.39 is 0 Å². The van der Waals surface area contributed by atoms with Crippen molar-refractivity contribution in [2.45, 2.75) is 12.2 Å². The Morgan fingerprint density at radius 1 is 1.57 bits per heavy atom. The topological polar surface area (TPSA) is 79.4 Å². The minimum atomic E-state index is -0.273. The van der Waals surface area contributed by atoms with Crippen LogP contribution in [0.15, 0.2) is 0 Å². The molecule has 1 fully saturated rings. The normalized spacial score (nSPS) is 19.1. The van der Waals surface area contributed by atoms with Crippen LogP contribution in [0.4, 0.5) is 0 Å². The number of carbonyl (C=O) groups is 1. The average molecular weight is 217 g/mol. The summed E-state index contributed by atoms with van der Waals surface area (Å²) in [7, 11) is 0. The lowest BCUT2D eigenvalue weighted by Gasteiger charge is -2.28. The van der Waals surface area contributed by atoms with Gasteiger partial charge in [0, 0.05) is 13.1 Å². The molecule has 1 rings (SSSR count). The maximum atomic E-state index is 11.7. The van der Waals surface area contributed by atoms with Crippen LogP contribution in [0.1, 0.15) is 6.92 Å². The fourth-order valence-corrected chi connectivity index (χ4v) is 1.91. The van der Waals surface area contributed by atoms with Crippen LogP contribution < -0.4 is 5.73 Å². The van der Waals surface area contributed by atoms with Crippen molar-refractivity contribution in [3.8, 4) is 0 Å². The second kappa shape index (κ2) is 5.21. The number of amides is 1. The molecule has 0 bridgehead atoms. The number of carbonyl (C=O) groups excluding carboxylic acids is 1.